The third-order valence-corrected chi connectivity index (χ3v) is 4.89. The van der Waals surface area contributed by atoms with Gasteiger partial charge in [-0.15, -0.1) is 22.7 Å². The van der Waals surface area contributed by atoms with Gasteiger partial charge in [-0.1, -0.05) is 6.07 Å². The summed E-state index contributed by atoms with van der Waals surface area (Å²) in [7, 11) is 2.05. The average Bonchev–Trinajstić information content (AvgIpc) is 2.92. The summed E-state index contributed by atoms with van der Waals surface area (Å²) < 4.78 is 0. The lowest BCUT2D eigenvalue weighted by molar-refractivity contribution is 0.558. The molecule has 1 N–H and O–H groups in total. The van der Waals surface area contributed by atoms with Crippen LogP contribution in [0, 0.1) is 6.92 Å². The van der Waals surface area contributed by atoms with Crippen LogP contribution in [0.2, 0.25) is 0 Å². The third kappa shape index (κ3) is 2.73. The van der Waals surface area contributed by atoms with Gasteiger partial charge in [0.15, 0.2) is 0 Å². The lowest BCUT2D eigenvalue weighted by atomic mass is 10.1. The summed E-state index contributed by atoms with van der Waals surface area (Å²) in [5.41, 5.74) is 1.41. The minimum Gasteiger partial charge on any atom is -0.312 e. The Kier molecular flexibility index (Phi) is 4.16. The molecule has 0 aliphatic heterocycles. The van der Waals surface area contributed by atoms with Gasteiger partial charge >= 0.3 is 0 Å². The van der Waals surface area contributed by atoms with Gasteiger partial charge in [-0.2, -0.15) is 0 Å². The number of aryl methyl sites for hydroxylation is 2. The van der Waals surface area contributed by atoms with Crippen molar-refractivity contribution in [3.63, 3.8) is 0 Å². The molecule has 0 bridgehead atoms. The lowest BCUT2D eigenvalue weighted by Crippen LogP contribution is -2.16. The van der Waals surface area contributed by atoms with E-state index in [2.05, 4.69) is 48.2 Å². The first-order valence-electron chi connectivity index (χ1n) is 5.55. The maximum Gasteiger partial charge on any atom is 0.0418 e. The SMILES string of the molecule is CNC(CCc1cccs1)c1sccc1C. The van der Waals surface area contributed by atoms with E-state index in [9.17, 15) is 0 Å². The van der Waals surface area contributed by atoms with E-state index in [4.69, 9.17) is 0 Å². The van der Waals surface area contributed by atoms with E-state index in [1.807, 2.05) is 22.7 Å². The van der Waals surface area contributed by atoms with Crippen molar-refractivity contribution >= 4 is 22.7 Å². The minimum absolute atomic E-state index is 0.502. The predicted molar refractivity (Wildman–Crippen MR) is 73.5 cm³/mol. The van der Waals surface area contributed by atoms with Crippen molar-refractivity contribution in [3.8, 4) is 0 Å². The Morgan fingerprint density at radius 2 is 2.12 bits per heavy atom. The molecule has 3 heteroatoms. The second kappa shape index (κ2) is 5.62. The molecule has 2 heterocycles. The van der Waals surface area contributed by atoms with Crippen molar-refractivity contribution in [2.75, 3.05) is 7.05 Å². The molecule has 0 fully saturated rings. The third-order valence-electron chi connectivity index (χ3n) is 2.83. The van der Waals surface area contributed by atoms with Gasteiger partial charge in [0.2, 0.25) is 0 Å². The molecule has 86 valence electrons. The van der Waals surface area contributed by atoms with Gasteiger partial charge in [0.1, 0.15) is 0 Å². The van der Waals surface area contributed by atoms with Gasteiger partial charge in [0.25, 0.3) is 0 Å². The monoisotopic (exact) mass is 251 g/mol. The van der Waals surface area contributed by atoms with Crippen molar-refractivity contribution in [1.82, 2.24) is 5.32 Å². The highest BCUT2D eigenvalue weighted by Gasteiger charge is 2.13. The number of nitrogens with one attached hydrogen (secondary N) is 1. The zero-order valence-electron chi connectivity index (χ0n) is 9.69. The number of hydrogen-bond donors (Lipinski definition) is 1. The summed E-state index contributed by atoms with van der Waals surface area (Å²) >= 11 is 3.71. The molecular weight excluding hydrogens is 234 g/mol. The summed E-state index contributed by atoms with van der Waals surface area (Å²) in [4.78, 5) is 2.97. The molecule has 0 amide bonds. The van der Waals surface area contributed by atoms with Crippen molar-refractivity contribution in [1.29, 1.82) is 0 Å². The Morgan fingerprint density at radius 3 is 2.69 bits per heavy atom. The van der Waals surface area contributed by atoms with Crippen LogP contribution in [0.4, 0.5) is 0 Å². The fourth-order valence-electron chi connectivity index (χ4n) is 1.89. The smallest absolute Gasteiger partial charge is 0.0418 e. The molecule has 0 radical (unpaired) electrons. The average molecular weight is 251 g/mol. The second-order valence-corrected chi connectivity index (χ2v) is 5.91. The molecule has 0 saturated heterocycles. The van der Waals surface area contributed by atoms with Crippen LogP contribution in [0.3, 0.4) is 0 Å². The summed E-state index contributed by atoms with van der Waals surface area (Å²) in [5.74, 6) is 0. The van der Waals surface area contributed by atoms with E-state index < -0.39 is 0 Å². The molecule has 0 aromatic carbocycles. The Bertz CT molecular complexity index is 417. The van der Waals surface area contributed by atoms with Crippen LogP contribution in [0.5, 0.6) is 0 Å². The fourth-order valence-corrected chi connectivity index (χ4v) is 3.69. The molecule has 1 atom stereocenters. The number of rotatable bonds is 5. The summed E-state index contributed by atoms with van der Waals surface area (Å²) in [6, 6.07) is 7.06. The minimum atomic E-state index is 0.502. The predicted octanol–water partition coefficient (Wildman–Crippen LogP) is 4.01. The zero-order chi connectivity index (χ0) is 11.4. The van der Waals surface area contributed by atoms with Crippen molar-refractivity contribution in [3.05, 3.63) is 44.3 Å². The molecule has 0 aliphatic carbocycles. The molecule has 2 rings (SSSR count). The number of thiophene rings is 2. The van der Waals surface area contributed by atoms with Crippen LogP contribution >= 0.6 is 22.7 Å². The Labute approximate surface area is 105 Å². The standard InChI is InChI=1S/C13H17NS2/c1-10-7-9-16-13(10)12(14-2)6-5-11-4-3-8-15-11/h3-4,7-9,12,14H,5-6H2,1-2H3. The molecule has 1 nitrogen and oxygen atoms in total. The van der Waals surface area contributed by atoms with Gasteiger partial charge < -0.3 is 5.32 Å². The first-order valence-corrected chi connectivity index (χ1v) is 7.31. The van der Waals surface area contributed by atoms with Crippen LogP contribution in [0.25, 0.3) is 0 Å². The van der Waals surface area contributed by atoms with E-state index in [0.29, 0.717) is 6.04 Å². The Morgan fingerprint density at radius 1 is 1.25 bits per heavy atom. The Balaban J connectivity index is 1.99. The van der Waals surface area contributed by atoms with Crippen LogP contribution in [-0.4, -0.2) is 7.05 Å². The van der Waals surface area contributed by atoms with Crippen molar-refractivity contribution in [2.45, 2.75) is 25.8 Å². The van der Waals surface area contributed by atoms with Gasteiger partial charge in [-0.05, 0) is 55.3 Å². The van der Waals surface area contributed by atoms with Crippen molar-refractivity contribution in [2.24, 2.45) is 0 Å². The molecule has 2 aromatic rings. The lowest BCUT2D eigenvalue weighted by Gasteiger charge is -2.15. The zero-order valence-corrected chi connectivity index (χ0v) is 11.3. The largest absolute Gasteiger partial charge is 0.312 e. The summed E-state index contributed by atoms with van der Waals surface area (Å²) in [6.07, 6.45) is 2.35. The van der Waals surface area contributed by atoms with E-state index in [1.54, 1.807) is 0 Å². The highest BCUT2D eigenvalue weighted by atomic mass is 32.1. The maximum absolute atomic E-state index is 3.42. The van der Waals surface area contributed by atoms with Crippen LogP contribution in [0.15, 0.2) is 29.0 Å². The molecule has 0 aliphatic rings. The van der Waals surface area contributed by atoms with Crippen LogP contribution < -0.4 is 5.32 Å². The molecule has 1 unspecified atom stereocenters. The van der Waals surface area contributed by atoms with Crippen LogP contribution in [0.1, 0.15) is 27.8 Å². The van der Waals surface area contributed by atoms with E-state index >= 15 is 0 Å². The first kappa shape index (κ1) is 11.8. The molecule has 0 spiro atoms. The highest BCUT2D eigenvalue weighted by Crippen LogP contribution is 2.27. The Hall–Kier alpha value is -0.640. The maximum atomic E-state index is 3.42. The first-order chi connectivity index (χ1) is 7.81. The highest BCUT2D eigenvalue weighted by molar-refractivity contribution is 7.10. The van der Waals surface area contributed by atoms with Gasteiger partial charge in [-0.25, -0.2) is 0 Å². The van der Waals surface area contributed by atoms with Crippen molar-refractivity contribution < 1.29 is 0 Å². The molecule has 0 saturated carbocycles. The normalized spacial score (nSPS) is 12.9. The van der Waals surface area contributed by atoms with E-state index in [1.165, 1.54) is 28.2 Å². The van der Waals surface area contributed by atoms with Crippen LogP contribution in [-0.2, 0) is 6.42 Å². The van der Waals surface area contributed by atoms with E-state index in [0.717, 1.165) is 0 Å². The topological polar surface area (TPSA) is 12.0 Å². The van der Waals surface area contributed by atoms with Gasteiger partial charge in [0.05, 0.1) is 0 Å². The summed E-state index contributed by atoms with van der Waals surface area (Å²) in [6.45, 7) is 2.20. The number of hydrogen-bond acceptors (Lipinski definition) is 3. The summed E-state index contributed by atoms with van der Waals surface area (Å²) in [5, 5.41) is 7.76. The molecule has 16 heavy (non-hydrogen) atoms. The molecule has 2 aromatic heterocycles. The fraction of sp³-hybridized carbons (Fsp3) is 0.385. The van der Waals surface area contributed by atoms with Gasteiger partial charge in [-0.3, -0.25) is 0 Å². The van der Waals surface area contributed by atoms with Gasteiger partial charge in [0, 0.05) is 15.8 Å². The van der Waals surface area contributed by atoms with E-state index in [-0.39, 0.29) is 0 Å². The quantitative estimate of drug-likeness (QED) is 0.846. The second-order valence-electron chi connectivity index (χ2n) is 3.93. The molecular formula is C13H17NS2.